The number of cyclic esters (lactones) is 1. The van der Waals surface area contributed by atoms with Crippen molar-refractivity contribution in [2.45, 2.75) is 35.2 Å². The van der Waals surface area contributed by atoms with E-state index in [1.54, 1.807) is 0 Å². The van der Waals surface area contributed by atoms with Gasteiger partial charge in [0.2, 0.25) is 5.76 Å². The molecule has 0 saturated heterocycles. The van der Waals surface area contributed by atoms with E-state index in [1.807, 2.05) is 0 Å². The van der Waals surface area contributed by atoms with Gasteiger partial charge in [0, 0.05) is 12.5 Å². The Morgan fingerprint density at radius 1 is 0.921 bits per heavy atom. The topological polar surface area (TPSA) is 200 Å². The van der Waals surface area contributed by atoms with E-state index in [0.29, 0.717) is 11.1 Å². The maximum Gasteiger partial charge on any atom is 0.470 e. The third-order valence-electron chi connectivity index (χ3n) is 5.12. The lowest BCUT2D eigenvalue weighted by atomic mass is 10.1. The number of hydrogen-bond acceptors (Lipinski definition) is 11. The highest BCUT2D eigenvalue weighted by molar-refractivity contribution is 7.91. The molecular weight excluding hydrogens is 567 g/mol. The second-order valence-electron chi connectivity index (χ2n) is 8.25. The monoisotopic (exact) mass is 592 g/mol. The molecule has 13 nitrogen and oxygen atoms in total. The Bertz CT molecular complexity index is 1490. The molecule has 0 fully saturated rings. The van der Waals surface area contributed by atoms with Crippen LogP contribution in [0.15, 0.2) is 69.8 Å². The van der Waals surface area contributed by atoms with E-state index in [4.69, 9.17) is 14.2 Å². The third kappa shape index (κ3) is 7.86. The summed E-state index contributed by atoms with van der Waals surface area (Å²) in [5, 5.41) is 9.66. The van der Waals surface area contributed by atoms with Crippen molar-refractivity contribution >= 4 is 33.5 Å². The van der Waals surface area contributed by atoms with Crippen LogP contribution in [0.5, 0.6) is 0 Å². The van der Waals surface area contributed by atoms with Gasteiger partial charge in [-0.15, -0.1) is 0 Å². The summed E-state index contributed by atoms with van der Waals surface area (Å²) in [6, 6.07) is 11.4. The van der Waals surface area contributed by atoms with Crippen LogP contribution in [-0.2, 0) is 61.0 Å². The van der Waals surface area contributed by atoms with Gasteiger partial charge >= 0.3 is 13.8 Å². The van der Waals surface area contributed by atoms with Crippen LogP contribution in [0, 0.1) is 0 Å². The standard InChI is InChI=1S/C22H25O13PS2/c1-37(28,29)16-7-3-5-14(9-16)12-32-20-19(18(11-23)35-36(25,26)27)34-22(24)21(20)33-13-15-6-4-8-17(10-15)38(2,30)31/h3-10,18-19,23H,11-13H2,1-2H3,(H2,25,26,27)/t18-,19+/m0/s1. The van der Waals surface area contributed by atoms with E-state index in [9.17, 15) is 41.1 Å². The summed E-state index contributed by atoms with van der Waals surface area (Å²) in [4.78, 5) is 31.0. The number of hydrogen-bond donors (Lipinski definition) is 3. The molecule has 0 aliphatic carbocycles. The fourth-order valence-electron chi connectivity index (χ4n) is 3.38. The predicted molar refractivity (Wildman–Crippen MR) is 130 cm³/mol. The molecule has 0 spiro atoms. The minimum atomic E-state index is -5.14. The van der Waals surface area contributed by atoms with Crippen LogP contribution >= 0.6 is 7.82 Å². The van der Waals surface area contributed by atoms with Gasteiger partial charge in [-0.05, 0) is 35.4 Å². The molecule has 0 aromatic heterocycles. The van der Waals surface area contributed by atoms with Crippen molar-refractivity contribution in [2.75, 3.05) is 19.1 Å². The summed E-state index contributed by atoms with van der Waals surface area (Å²) in [5.74, 6) is -1.97. The van der Waals surface area contributed by atoms with Gasteiger partial charge in [0.05, 0.1) is 16.4 Å². The molecule has 2 atom stereocenters. The largest absolute Gasteiger partial charge is 0.485 e. The number of aliphatic hydroxyl groups is 1. The molecular formula is C22H25O13PS2. The van der Waals surface area contributed by atoms with Crippen molar-refractivity contribution in [2.24, 2.45) is 0 Å². The van der Waals surface area contributed by atoms with E-state index in [1.165, 1.54) is 48.5 Å². The summed E-state index contributed by atoms with van der Waals surface area (Å²) in [6.45, 7) is -1.63. The van der Waals surface area contributed by atoms with Crippen molar-refractivity contribution < 1.29 is 59.8 Å². The average molecular weight is 593 g/mol. The Kier molecular flexibility index (Phi) is 9.04. The first-order valence-corrected chi connectivity index (χ1v) is 16.0. The van der Waals surface area contributed by atoms with E-state index in [0.717, 1.165) is 12.5 Å². The molecule has 0 amide bonds. The molecule has 208 valence electrons. The lowest BCUT2D eigenvalue weighted by Gasteiger charge is -2.23. The van der Waals surface area contributed by atoms with Gasteiger partial charge in [-0.1, -0.05) is 24.3 Å². The molecule has 2 aromatic carbocycles. The van der Waals surface area contributed by atoms with E-state index < -0.39 is 58.0 Å². The summed E-state index contributed by atoms with van der Waals surface area (Å²) < 4.78 is 79.7. The summed E-state index contributed by atoms with van der Waals surface area (Å²) in [5.41, 5.74) is 0.720. The van der Waals surface area contributed by atoms with Gasteiger partial charge < -0.3 is 29.1 Å². The molecule has 3 N–H and O–H groups in total. The van der Waals surface area contributed by atoms with Gasteiger partial charge in [0.25, 0.3) is 0 Å². The van der Waals surface area contributed by atoms with Crippen LogP contribution in [-0.4, -0.2) is 69.0 Å². The first-order chi connectivity index (χ1) is 17.6. The predicted octanol–water partition coefficient (Wildman–Crippen LogP) is 0.834. The maximum atomic E-state index is 12.6. The second kappa shape index (κ2) is 11.5. The zero-order valence-electron chi connectivity index (χ0n) is 20.1. The smallest absolute Gasteiger partial charge is 0.470 e. The average Bonchev–Trinajstić information content (AvgIpc) is 3.13. The van der Waals surface area contributed by atoms with Crippen LogP contribution in [0.25, 0.3) is 0 Å². The minimum Gasteiger partial charge on any atom is -0.485 e. The van der Waals surface area contributed by atoms with Crippen molar-refractivity contribution in [3.63, 3.8) is 0 Å². The van der Waals surface area contributed by atoms with Crippen molar-refractivity contribution in [3.05, 3.63) is 71.2 Å². The molecule has 0 radical (unpaired) electrons. The van der Waals surface area contributed by atoms with Gasteiger partial charge in [-0.3, -0.25) is 4.52 Å². The maximum absolute atomic E-state index is 12.6. The highest BCUT2D eigenvalue weighted by Crippen LogP contribution is 2.41. The molecule has 2 aromatic rings. The Hall–Kier alpha value is -2.78. The Labute approximate surface area is 218 Å². The number of carbonyl (C=O) groups excluding carboxylic acids is 1. The van der Waals surface area contributed by atoms with Crippen LogP contribution in [0.4, 0.5) is 0 Å². The van der Waals surface area contributed by atoms with Gasteiger partial charge in [0.1, 0.15) is 19.3 Å². The molecule has 0 unspecified atom stereocenters. The molecule has 1 aliphatic rings. The number of esters is 1. The molecule has 38 heavy (non-hydrogen) atoms. The number of rotatable bonds is 12. The molecule has 3 rings (SSSR count). The minimum absolute atomic E-state index is 0.00294. The van der Waals surface area contributed by atoms with Gasteiger partial charge in [-0.25, -0.2) is 26.2 Å². The number of sulfone groups is 2. The number of aliphatic hydroxyl groups excluding tert-OH is 1. The normalized spacial score (nSPS) is 17.3. The molecule has 1 heterocycles. The number of phosphoric acid groups is 1. The number of ether oxygens (including phenoxy) is 3. The van der Waals surface area contributed by atoms with Crippen LogP contribution < -0.4 is 0 Å². The Balaban J connectivity index is 1.94. The Morgan fingerprint density at radius 2 is 1.42 bits per heavy atom. The first-order valence-electron chi connectivity index (χ1n) is 10.7. The highest BCUT2D eigenvalue weighted by Gasteiger charge is 2.45. The van der Waals surface area contributed by atoms with E-state index >= 15 is 0 Å². The summed E-state index contributed by atoms with van der Waals surface area (Å²) in [6.07, 6.45) is -1.33. The third-order valence-corrected chi connectivity index (χ3v) is 7.89. The SMILES string of the molecule is CS(=O)(=O)c1cccc(COC2=C(OCc3cccc(S(C)(=O)=O)c3)[C@@H]([C@H](CO)OP(=O)(O)O)OC2=O)c1. The summed E-state index contributed by atoms with van der Waals surface area (Å²) >= 11 is 0. The van der Waals surface area contributed by atoms with Crippen molar-refractivity contribution in [1.29, 1.82) is 0 Å². The van der Waals surface area contributed by atoms with Gasteiger partial charge in [-0.2, -0.15) is 0 Å². The second-order valence-corrected chi connectivity index (χ2v) is 13.5. The number of carbonyl (C=O) groups is 1. The van der Waals surface area contributed by atoms with Crippen LogP contribution in [0.2, 0.25) is 0 Å². The lowest BCUT2D eigenvalue weighted by Crippen LogP contribution is -2.34. The molecule has 0 saturated carbocycles. The fourth-order valence-corrected chi connectivity index (χ4v) is 5.30. The van der Waals surface area contributed by atoms with Crippen LogP contribution in [0.3, 0.4) is 0 Å². The molecule has 0 bridgehead atoms. The number of benzene rings is 2. The molecule has 1 aliphatic heterocycles. The van der Waals surface area contributed by atoms with E-state index in [2.05, 4.69) is 4.52 Å². The molecule has 16 heteroatoms. The fraction of sp³-hybridized carbons (Fsp3) is 0.318. The van der Waals surface area contributed by atoms with Gasteiger partial charge in [0.15, 0.2) is 31.5 Å². The zero-order valence-corrected chi connectivity index (χ0v) is 22.6. The van der Waals surface area contributed by atoms with Crippen molar-refractivity contribution in [3.8, 4) is 0 Å². The van der Waals surface area contributed by atoms with E-state index in [-0.39, 0.29) is 28.8 Å². The summed E-state index contributed by atoms with van der Waals surface area (Å²) in [7, 11) is -12.2. The lowest BCUT2D eigenvalue weighted by molar-refractivity contribution is -0.148. The Morgan fingerprint density at radius 3 is 1.87 bits per heavy atom. The first kappa shape index (κ1) is 29.8. The van der Waals surface area contributed by atoms with Crippen LogP contribution in [0.1, 0.15) is 11.1 Å². The van der Waals surface area contributed by atoms with Crippen molar-refractivity contribution in [1.82, 2.24) is 0 Å². The number of phosphoric ester groups is 1. The zero-order chi connectivity index (χ0) is 28.3. The highest BCUT2D eigenvalue weighted by atomic mass is 32.2. The quantitative estimate of drug-likeness (QED) is 0.231.